The molecule has 126 valence electrons. The van der Waals surface area contributed by atoms with E-state index in [2.05, 4.69) is 15.5 Å². The topological polar surface area (TPSA) is 97.6 Å². The number of anilines is 1. The molecule has 24 heavy (non-hydrogen) atoms. The summed E-state index contributed by atoms with van der Waals surface area (Å²) in [7, 11) is 1.58. The van der Waals surface area contributed by atoms with Gasteiger partial charge in [0.2, 0.25) is 17.7 Å². The van der Waals surface area contributed by atoms with Crippen molar-refractivity contribution in [2.75, 3.05) is 18.6 Å². The molecule has 1 atom stereocenters. The Morgan fingerprint density at radius 1 is 1.42 bits per heavy atom. The third-order valence-corrected chi connectivity index (χ3v) is 3.86. The predicted molar refractivity (Wildman–Crippen MR) is 84.3 cm³/mol. The lowest BCUT2D eigenvalue weighted by Crippen LogP contribution is -2.32. The van der Waals surface area contributed by atoms with Gasteiger partial charge in [-0.1, -0.05) is 5.16 Å². The van der Waals surface area contributed by atoms with Crippen LogP contribution in [0.3, 0.4) is 0 Å². The number of aryl methyl sites for hydroxylation is 1. The Hall–Kier alpha value is -2.90. The van der Waals surface area contributed by atoms with Crippen molar-refractivity contribution in [3.05, 3.63) is 36.0 Å². The Balaban J connectivity index is 1.59. The quantitative estimate of drug-likeness (QED) is 0.880. The van der Waals surface area contributed by atoms with Crippen molar-refractivity contribution in [2.24, 2.45) is 5.92 Å². The summed E-state index contributed by atoms with van der Waals surface area (Å²) in [6.07, 6.45) is 0.181. The largest absolute Gasteiger partial charge is 0.497 e. The van der Waals surface area contributed by atoms with Crippen LogP contribution in [0, 0.1) is 12.8 Å². The summed E-state index contributed by atoms with van der Waals surface area (Å²) < 4.78 is 10.1. The molecular weight excluding hydrogens is 312 g/mol. The highest BCUT2D eigenvalue weighted by Crippen LogP contribution is 2.26. The molecule has 0 bridgehead atoms. The first-order valence-corrected chi connectivity index (χ1v) is 7.58. The Labute approximate surface area is 138 Å². The van der Waals surface area contributed by atoms with Crippen LogP contribution in [0.5, 0.6) is 5.75 Å². The van der Waals surface area contributed by atoms with Crippen molar-refractivity contribution in [3.63, 3.8) is 0 Å². The van der Waals surface area contributed by atoms with E-state index in [0.29, 0.717) is 18.3 Å². The molecule has 8 nitrogen and oxygen atoms in total. The lowest BCUT2D eigenvalue weighted by Gasteiger charge is -2.17. The van der Waals surface area contributed by atoms with Gasteiger partial charge >= 0.3 is 0 Å². The van der Waals surface area contributed by atoms with Crippen molar-refractivity contribution >= 4 is 17.5 Å². The fourth-order valence-corrected chi connectivity index (χ4v) is 2.61. The van der Waals surface area contributed by atoms with E-state index >= 15 is 0 Å². The van der Waals surface area contributed by atoms with Crippen LogP contribution >= 0.6 is 0 Å². The molecule has 1 unspecified atom stereocenters. The van der Waals surface area contributed by atoms with E-state index in [-0.39, 0.29) is 24.8 Å². The fourth-order valence-electron chi connectivity index (χ4n) is 2.61. The summed E-state index contributed by atoms with van der Waals surface area (Å²) in [5.74, 6) is 0.903. The summed E-state index contributed by atoms with van der Waals surface area (Å²) in [5.41, 5.74) is 0.753. The Bertz CT molecular complexity index is 741. The number of carbonyl (C=O) groups is 2. The number of ether oxygens (including phenoxy) is 1. The average Bonchev–Trinajstić information content (AvgIpc) is 3.18. The fraction of sp³-hybridized carbons (Fsp3) is 0.375. The third-order valence-electron chi connectivity index (χ3n) is 3.86. The van der Waals surface area contributed by atoms with Gasteiger partial charge in [0.1, 0.15) is 5.75 Å². The number of hydrogen-bond donors (Lipinski definition) is 1. The molecule has 1 fully saturated rings. The molecule has 1 aromatic carbocycles. The lowest BCUT2D eigenvalue weighted by atomic mass is 10.1. The first-order chi connectivity index (χ1) is 11.6. The van der Waals surface area contributed by atoms with Gasteiger partial charge in [-0.05, 0) is 31.2 Å². The monoisotopic (exact) mass is 330 g/mol. The highest BCUT2D eigenvalue weighted by Gasteiger charge is 2.35. The minimum Gasteiger partial charge on any atom is -0.497 e. The van der Waals surface area contributed by atoms with Gasteiger partial charge in [-0.2, -0.15) is 4.98 Å². The summed E-state index contributed by atoms with van der Waals surface area (Å²) >= 11 is 0. The number of carbonyl (C=O) groups excluding carboxylic acids is 2. The van der Waals surface area contributed by atoms with Gasteiger partial charge in [-0.25, -0.2) is 0 Å². The van der Waals surface area contributed by atoms with Crippen LogP contribution in [-0.2, 0) is 16.1 Å². The molecule has 0 saturated carbocycles. The van der Waals surface area contributed by atoms with Crippen LogP contribution in [0.15, 0.2) is 28.8 Å². The molecule has 8 heteroatoms. The number of benzene rings is 1. The molecule has 1 saturated heterocycles. The minimum absolute atomic E-state index is 0.0750. The van der Waals surface area contributed by atoms with Crippen molar-refractivity contribution in [1.29, 1.82) is 0 Å². The normalized spacial score (nSPS) is 17.2. The van der Waals surface area contributed by atoms with Crippen molar-refractivity contribution < 1.29 is 18.8 Å². The van der Waals surface area contributed by atoms with Crippen LogP contribution < -0.4 is 15.0 Å². The van der Waals surface area contributed by atoms with Crippen LogP contribution in [0.4, 0.5) is 5.69 Å². The van der Waals surface area contributed by atoms with E-state index in [0.717, 1.165) is 11.4 Å². The average molecular weight is 330 g/mol. The SMILES string of the molecule is COc1ccc(N2CC(C(=O)NCc3nc(C)no3)CC2=O)cc1. The number of hydrogen-bond acceptors (Lipinski definition) is 6. The van der Waals surface area contributed by atoms with E-state index in [1.807, 2.05) is 0 Å². The van der Waals surface area contributed by atoms with Gasteiger partial charge in [0.25, 0.3) is 0 Å². The first-order valence-electron chi connectivity index (χ1n) is 7.58. The molecule has 3 rings (SSSR count). The molecule has 0 aliphatic carbocycles. The molecule has 2 amide bonds. The van der Waals surface area contributed by atoms with Gasteiger partial charge in [0.15, 0.2) is 5.82 Å². The van der Waals surface area contributed by atoms with E-state index in [1.165, 1.54) is 0 Å². The number of methoxy groups -OCH3 is 1. The summed E-state index contributed by atoms with van der Waals surface area (Å²) in [4.78, 5) is 30.1. The maximum Gasteiger partial charge on any atom is 0.246 e. The van der Waals surface area contributed by atoms with Crippen molar-refractivity contribution in [2.45, 2.75) is 19.9 Å². The smallest absolute Gasteiger partial charge is 0.246 e. The number of rotatable bonds is 5. The highest BCUT2D eigenvalue weighted by molar-refractivity contribution is 6.00. The zero-order valence-corrected chi connectivity index (χ0v) is 13.5. The van der Waals surface area contributed by atoms with E-state index in [9.17, 15) is 9.59 Å². The van der Waals surface area contributed by atoms with Crippen molar-refractivity contribution in [3.8, 4) is 5.75 Å². The van der Waals surface area contributed by atoms with E-state index in [1.54, 1.807) is 43.2 Å². The number of nitrogens with zero attached hydrogens (tertiary/aromatic N) is 3. The number of aromatic nitrogens is 2. The molecule has 2 heterocycles. The minimum atomic E-state index is -0.399. The number of amides is 2. The lowest BCUT2D eigenvalue weighted by molar-refractivity contribution is -0.126. The zero-order valence-electron chi connectivity index (χ0n) is 13.5. The standard InChI is InChI=1S/C16H18N4O4/c1-10-18-14(24-19-10)8-17-16(22)11-7-15(21)20(9-11)12-3-5-13(23-2)6-4-12/h3-6,11H,7-9H2,1-2H3,(H,17,22). The zero-order chi connectivity index (χ0) is 17.1. The van der Waals surface area contributed by atoms with Gasteiger partial charge < -0.3 is 19.5 Å². The van der Waals surface area contributed by atoms with Crippen LogP contribution in [0.1, 0.15) is 18.1 Å². The van der Waals surface area contributed by atoms with Crippen molar-refractivity contribution in [1.82, 2.24) is 15.5 Å². The second-order valence-electron chi connectivity index (χ2n) is 5.56. The second-order valence-corrected chi connectivity index (χ2v) is 5.56. The van der Waals surface area contributed by atoms with Crippen LogP contribution in [0.2, 0.25) is 0 Å². The Morgan fingerprint density at radius 2 is 2.17 bits per heavy atom. The maximum atomic E-state index is 12.2. The van der Waals surface area contributed by atoms with Gasteiger partial charge in [-0.15, -0.1) is 0 Å². The molecule has 1 N–H and O–H groups in total. The van der Waals surface area contributed by atoms with Gasteiger partial charge in [0, 0.05) is 18.7 Å². The van der Waals surface area contributed by atoms with E-state index < -0.39 is 5.92 Å². The summed E-state index contributed by atoms with van der Waals surface area (Å²) in [6, 6.07) is 7.18. The van der Waals surface area contributed by atoms with Gasteiger partial charge in [-0.3, -0.25) is 9.59 Å². The molecule has 1 aliphatic heterocycles. The predicted octanol–water partition coefficient (Wildman–Crippen LogP) is 1.06. The van der Waals surface area contributed by atoms with Crippen LogP contribution in [0.25, 0.3) is 0 Å². The molecule has 1 aromatic heterocycles. The summed E-state index contributed by atoms with van der Waals surface area (Å²) in [6.45, 7) is 2.21. The maximum absolute atomic E-state index is 12.2. The molecule has 0 radical (unpaired) electrons. The Kier molecular flexibility index (Phi) is 4.45. The molecule has 0 spiro atoms. The number of nitrogens with one attached hydrogen (secondary N) is 1. The Morgan fingerprint density at radius 3 is 2.79 bits per heavy atom. The van der Waals surface area contributed by atoms with E-state index in [4.69, 9.17) is 9.26 Å². The molecular formula is C16H18N4O4. The van der Waals surface area contributed by atoms with Crippen LogP contribution in [-0.4, -0.2) is 35.6 Å². The third kappa shape index (κ3) is 3.37. The highest BCUT2D eigenvalue weighted by atomic mass is 16.5. The van der Waals surface area contributed by atoms with Gasteiger partial charge in [0.05, 0.1) is 19.6 Å². The summed E-state index contributed by atoms with van der Waals surface area (Å²) in [5, 5.41) is 6.39. The second kappa shape index (κ2) is 6.69. The molecule has 1 aliphatic rings. The molecule has 2 aromatic rings. The first kappa shape index (κ1) is 16.0.